The molecule has 0 spiro atoms. The summed E-state index contributed by atoms with van der Waals surface area (Å²) in [5.74, 6) is -0.889. The van der Waals surface area contributed by atoms with Crippen LogP contribution in [0.25, 0.3) is 0 Å². The van der Waals surface area contributed by atoms with E-state index in [1.807, 2.05) is 0 Å². The molecule has 0 saturated carbocycles. The molecule has 420 valence electrons. The Balaban J connectivity index is 4.13. The van der Waals surface area contributed by atoms with Crippen LogP contribution in [0.3, 0.4) is 0 Å². The average Bonchev–Trinajstić information content (AvgIpc) is 3.38. The summed E-state index contributed by atoms with van der Waals surface area (Å²) in [5.41, 5.74) is 0. The molecule has 0 rings (SSSR count). The van der Waals surface area contributed by atoms with Crippen molar-refractivity contribution in [3.05, 3.63) is 48.6 Å². The monoisotopic (exact) mass is 1010 g/mol. The highest BCUT2D eigenvalue weighted by atomic mass is 16.6. The first-order valence-electron chi connectivity index (χ1n) is 31.6. The zero-order valence-corrected chi connectivity index (χ0v) is 48.2. The minimum Gasteiger partial charge on any atom is -0.462 e. The Bertz CT molecular complexity index is 1250. The topological polar surface area (TPSA) is 78.9 Å². The van der Waals surface area contributed by atoms with Crippen LogP contribution in [-0.2, 0) is 28.6 Å². The molecule has 0 aromatic carbocycles. The molecule has 0 amide bonds. The first-order valence-corrected chi connectivity index (χ1v) is 31.6. The molecule has 0 fully saturated rings. The van der Waals surface area contributed by atoms with Crippen molar-refractivity contribution in [2.24, 2.45) is 0 Å². The Morgan fingerprint density at radius 1 is 0.292 bits per heavy atom. The number of unbranched alkanes of at least 4 members (excludes halogenated alkanes) is 39. The van der Waals surface area contributed by atoms with E-state index in [4.69, 9.17) is 14.2 Å². The third-order valence-electron chi connectivity index (χ3n) is 14.1. The third-order valence-corrected chi connectivity index (χ3v) is 14.1. The fourth-order valence-corrected chi connectivity index (χ4v) is 9.38. The molecule has 0 bridgehead atoms. The number of allylic oxidation sites excluding steroid dienone is 8. The molecule has 6 heteroatoms. The smallest absolute Gasteiger partial charge is 0.306 e. The zero-order valence-electron chi connectivity index (χ0n) is 48.2. The van der Waals surface area contributed by atoms with E-state index in [-0.39, 0.29) is 31.1 Å². The lowest BCUT2D eigenvalue weighted by Gasteiger charge is -2.18. The van der Waals surface area contributed by atoms with Crippen molar-refractivity contribution >= 4 is 17.9 Å². The number of hydrogen-bond donors (Lipinski definition) is 0. The van der Waals surface area contributed by atoms with Crippen molar-refractivity contribution in [1.82, 2.24) is 0 Å². The summed E-state index contributed by atoms with van der Waals surface area (Å²) in [6.45, 7) is 6.53. The van der Waals surface area contributed by atoms with Gasteiger partial charge in [-0.05, 0) is 57.8 Å². The Kier molecular flexibility index (Phi) is 58.7. The van der Waals surface area contributed by atoms with Gasteiger partial charge in [-0.15, -0.1) is 0 Å². The SMILES string of the molecule is CC/C=C\C/C=C\C/C=C\C/C=C\CCCCCCC(=O)OC(COC(=O)CCCCCCCCCCC)COC(=O)CCCCCCCCCCCCCCCCCCCCCCCCCCCCCC. The molecule has 72 heavy (non-hydrogen) atoms. The maximum atomic E-state index is 12.8. The lowest BCUT2D eigenvalue weighted by Crippen LogP contribution is -2.30. The second-order valence-corrected chi connectivity index (χ2v) is 21.3. The first-order chi connectivity index (χ1) is 35.5. The van der Waals surface area contributed by atoms with E-state index in [0.717, 1.165) is 96.3 Å². The summed E-state index contributed by atoms with van der Waals surface area (Å²) >= 11 is 0. The van der Waals surface area contributed by atoms with Gasteiger partial charge in [0.2, 0.25) is 0 Å². The van der Waals surface area contributed by atoms with Crippen LogP contribution in [0.4, 0.5) is 0 Å². The van der Waals surface area contributed by atoms with Crippen molar-refractivity contribution in [1.29, 1.82) is 0 Å². The van der Waals surface area contributed by atoms with E-state index < -0.39 is 6.10 Å². The Hall–Kier alpha value is -2.63. The highest BCUT2D eigenvalue weighted by molar-refractivity contribution is 5.71. The summed E-state index contributed by atoms with van der Waals surface area (Å²) < 4.78 is 16.8. The normalized spacial score (nSPS) is 12.3. The van der Waals surface area contributed by atoms with Crippen LogP contribution >= 0.6 is 0 Å². The Labute approximate surface area is 448 Å². The summed E-state index contributed by atoms with van der Waals surface area (Å²) in [7, 11) is 0. The molecule has 1 unspecified atom stereocenters. The molecule has 0 N–H and O–H groups in total. The summed E-state index contributed by atoms with van der Waals surface area (Å²) in [6, 6.07) is 0. The average molecular weight is 1010 g/mol. The Morgan fingerprint density at radius 3 is 0.847 bits per heavy atom. The maximum Gasteiger partial charge on any atom is 0.306 e. The van der Waals surface area contributed by atoms with Gasteiger partial charge < -0.3 is 14.2 Å². The quantitative estimate of drug-likeness (QED) is 0.0261. The molecule has 0 aromatic heterocycles. The number of hydrogen-bond acceptors (Lipinski definition) is 6. The highest BCUT2D eigenvalue weighted by Gasteiger charge is 2.19. The van der Waals surface area contributed by atoms with Crippen molar-refractivity contribution in [2.45, 2.75) is 341 Å². The summed E-state index contributed by atoms with van der Waals surface area (Å²) in [5, 5.41) is 0. The number of carbonyl (C=O) groups excluding carboxylic acids is 3. The van der Waals surface area contributed by atoms with Crippen molar-refractivity contribution in [2.75, 3.05) is 13.2 Å². The maximum absolute atomic E-state index is 12.8. The van der Waals surface area contributed by atoms with Crippen LogP contribution in [0.15, 0.2) is 48.6 Å². The minimum absolute atomic E-state index is 0.0791. The van der Waals surface area contributed by atoms with Gasteiger partial charge in [-0.25, -0.2) is 0 Å². The van der Waals surface area contributed by atoms with Gasteiger partial charge in [-0.3, -0.25) is 14.4 Å². The first kappa shape index (κ1) is 69.4. The summed E-state index contributed by atoms with van der Waals surface area (Å²) in [6.07, 6.45) is 75.7. The molecule has 0 aromatic rings. The molecular formula is C66H120O6. The van der Waals surface area contributed by atoms with Gasteiger partial charge >= 0.3 is 17.9 Å². The van der Waals surface area contributed by atoms with Crippen LogP contribution in [0.2, 0.25) is 0 Å². The van der Waals surface area contributed by atoms with Gasteiger partial charge in [0.1, 0.15) is 13.2 Å². The molecule has 0 radical (unpaired) electrons. The molecule has 6 nitrogen and oxygen atoms in total. The largest absolute Gasteiger partial charge is 0.462 e. The van der Waals surface area contributed by atoms with Crippen LogP contribution in [0, 0.1) is 0 Å². The predicted molar refractivity (Wildman–Crippen MR) is 312 cm³/mol. The number of rotatable bonds is 58. The second-order valence-electron chi connectivity index (χ2n) is 21.3. The van der Waals surface area contributed by atoms with Crippen LogP contribution < -0.4 is 0 Å². The van der Waals surface area contributed by atoms with E-state index in [0.29, 0.717) is 19.3 Å². The van der Waals surface area contributed by atoms with Crippen LogP contribution in [-0.4, -0.2) is 37.2 Å². The van der Waals surface area contributed by atoms with Gasteiger partial charge in [0.05, 0.1) is 0 Å². The van der Waals surface area contributed by atoms with Crippen LogP contribution in [0.1, 0.15) is 335 Å². The van der Waals surface area contributed by atoms with Gasteiger partial charge in [0, 0.05) is 19.3 Å². The zero-order chi connectivity index (χ0) is 52.2. The molecule has 0 aliphatic heterocycles. The van der Waals surface area contributed by atoms with Gasteiger partial charge in [-0.1, -0.05) is 307 Å². The fourth-order valence-electron chi connectivity index (χ4n) is 9.38. The predicted octanol–water partition coefficient (Wildman–Crippen LogP) is 21.4. The van der Waals surface area contributed by atoms with E-state index in [1.165, 1.54) is 199 Å². The summed E-state index contributed by atoms with van der Waals surface area (Å²) in [4.78, 5) is 38.1. The van der Waals surface area contributed by atoms with E-state index in [2.05, 4.69) is 69.4 Å². The Morgan fingerprint density at radius 2 is 0.542 bits per heavy atom. The molecule has 0 aliphatic carbocycles. The van der Waals surface area contributed by atoms with E-state index in [1.54, 1.807) is 0 Å². The van der Waals surface area contributed by atoms with Gasteiger partial charge in [0.25, 0.3) is 0 Å². The lowest BCUT2D eigenvalue weighted by atomic mass is 10.0. The van der Waals surface area contributed by atoms with Gasteiger partial charge in [0.15, 0.2) is 6.10 Å². The van der Waals surface area contributed by atoms with E-state index >= 15 is 0 Å². The standard InChI is InChI=1S/C66H120O6/c1-4-7-10-13-16-19-21-23-25-27-28-29-30-31-32-33-34-35-36-37-39-40-42-44-47-50-53-56-59-65(68)71-62-63(61-70-64(67)58-55-52-49-46-18-15-12-9-6-3)72-66(69)60-57-54-51-48-45-43-41-38-26-24-22-20-17-14-11-8-5-2/h8,11,17,20,24,26,41,43,63H,4-7,9-10,12-16,18-19,21-23,25,27-40,42,44-62H2,1-3H3/b11-8-,20-17-,26-24-,43-41-. The van der Waals surface area contributed by atoms with Crippen molar-refractivity contribution < 1.29 is 28.6 Å². The highest BCUT2D eigenvalue weighted by Crippen LogP contribution is 2.18. The molecular weight excluding hydrogens is 889 g/mol. The second kappa shape index (κ2) is 60.9. The van der Waals surface area contributed by atoms with Crippen molar-refractivity contribution in [3.63, 3.8) is 0 Å². The van der Waals surface area contributed by atoms with E-state index in [9.17, 15) is 14.4 Å². The minimum atomic E-state index is -0.782. The molecule has 1 atom stereocenters. The number of carbonyl (C=O) groups is 3. The van der Waals surface area contributed by atoms with Crippen LogP contribution in [0.5, 0.6) is 0 Å². The van der Waals surface area contributed by atoms with Crippen molar-refractivity contribution in [3.8, 4) is 0 Å². The lowest BCUT2D eigenvalue weighted by molar-refractivity contribution is -0.167. The molecule has 0 saturated heterocycles. The third kappa shape index (κ3) is 58.3. The molecule has 0 aliphatic rings. The number of esters is 3. The fraction of sp³-hybridized carbons (Fsp3) is 0.833. The molecule has 0 heterocycles. The van der Waals surface area contributed by atoms with Gasteiger partial charge in [-0.2, -0.15) is 0 Å². The number of ether oxygens (including phenoxy) is 3.